The Bertz CT molecular complexity index is 655. The van der Waals surface area contributed by atoms with Crippen molar-refractivity contribution in [3.05, 3.63) is 23.8 Å². The molecule has 2 amide bonds. The molecule has 1 N–H and O–H groups in total. The summed E-state index contributed by atoms with van der Waals surface area (Å²) in [5.74, 6) is 1.88. The van der Waals surface area contributed by atoms with Crippen molar-refractivity contribution in [2.24, 2.45) is 5.92 Å². The number of rotatable bonds is 14. The van der Waals surface area contributed by atoms with Crippen LogP contribution in [0.4, 0.5) is 0 Å². The number of amides is 2. The largest absolute Gasteiger partial charge is 0.493 e. The lowest BCUT2D eigenvalue weighted by molar-refractivity contribution is -0.131. The fraction of sp³-hybridized carbons (Fsp3) is 0.667. The molecule has 0 aliphatic rings. The van der Waals surface area contributed by atoms with E-state index in [4.69, 9.17) is 9.47 Å². The van der Waals surface area contributed by atoms with Gasteiger partial charge in [0.05, 0.1) is 19.8 Å². The van der Waals surface area contributed by atoms with Gasteiger partial charge in [0.2, 0.25) is 11.8 Å². The molecule has 6 heteroatoms. The van der Waals surface area contributed by atoms with Gasteiger partial charge in [-0.2, -0.15) is 0 Å². The SMILES string of the molecule is CCCN(CCC)C(=O)CCCC(=O)NC(C)c1ccc(OCC(C)C)c(OC)c1. The monoisotopic (exact) mass is 420 g/mol. The molecule has 170 valence electrons. The molecule has 6 nitrogen and oxygen atoms in total. The van der Waals surface area contributed by atoms with E-state index < -0.39 is 0 Å². The topological polar surface area (TPSA) is 67.9 Å². The van der Waals surface area contributed by atoms with Crippen LogP contribution in [0.2, 0.25) is 0 Å². The third-order valence-electron chi connectivity index (χ3n) is 4.77. The summed E-state index contributed by atoms with van der Waals surface area (Å²) in [6.07, 6.45) is 3.22. The standard InChI is InChI=1S/C24H40N2O4/c1-7-14-26(15-8-2)24(28)11-9-10-23(27)25-19(5)20-12-13-21(22(16-20)29-6)30-17-18(3)4/h12-13,16,18-19H,7-11,14-15,17H2,1-6H3,(H,25,27). The van der Waals surface area contributed by atoms with Crippen LogP contribution in [0.5, 0.6) is 11.5 Å². The van der Waals surface area contributed by atoms with Crippen molar-refractivity contribution in [2.45, 2.75) is 72.8 Å². The molecule has 0 aliphatic heterocycles. The molecule has 0 radical (unpaired) electrons. The maximum absolute atomic E-state index is 12.3. The highest BCUT2D eigenvalue weighted by molar-refractivity contribution is 5.79. The van der Waals surface area contributed by atoms with Crippen LogP contribution in [0.15, 0.2) is 18.2 Å². The van der Waals surface area contributed by atoms with Gasteiger partial charge in [-0.3, -0.25) is 9.59 Å². The molecule has 0 spiro atoms. The highest BCUT2D eigenvalue weighted by Crippen LogP contribution is 2.30. The number of carbonyl (C=O) groups is 2. The van der Waals surface area contributed by atoms with Crippen molar-refractivity contribution in [2.75, 3.05) is 26.8 Å². The molecule has 0 aromatic heterocycles. The first-order valence-electron chi connectivity index (χ1n) is 11.2. The van der Waals surface area contributed by atoms with Crippen molar-refractivity contribution in [3.8, 4) is 11.5 Å². The Labute approximate surface area is 182 Å². The van der Waals surface area contributed by atoms with Crippen LogP contribution in [0, 0.1) is 5.92 Å². The molecule has 1 aromatic rings. The van der Waals surface area contributed by atoms with E-state index in [9.17, 15) is 9.59 Å². The summed E-state index contributed by atoms with van der Waals surface area (Å²) in [7, 11) is 1.61. The minimum atomic E-state index is -0.155. The number of methoxy groups -OCH3 is 1. The Morgan fingerprint density at radius 3 is 2.27 bits per heavy atom. The zero-order valence-corrected chi connectivity index (χ0v) is 19.6. The minimum Gasteiger partial charge on any atom is -0.493 e. The third-order valence-corrected chi connectivity index (χ3v) is 4.77. The maximum atomic E-state index is 12.3. The van der Waals surface area contributed by atoms with Gasteiger partial charge in [-0.05, 0) is 49.8 Å². The van der Waals surface area contributed by atoms with E-state index in [0.29, 0.717) is 43.3 Å². The van der Waals surface area contributed by atoms with E-state index in [0.717, 1.165) is 31.5 Å². The van der Waals surface area contributed by atoms with Gasteiger partial charge in [0.1, 0.15) is 0 Å². The van der Waals surface area contributed by atoms with Gasteiger partial charge in [0.15, 0.2) is 11.5 Å². The predicted molar refractivity (Wildman–Crippen MR) is 121 cm³/mol. The lowest BCUT2D eigenvalue weighted by atomic mass is 10.1. The highest BCUT2D eigenvalue weighted by Gasteiger charge is 2.15. The van der Waals surface area contributed by atoms with Gasteiger partial charge < -0.3 is 19.7 Å². The Hall–Kier alpha value is -2.24. The molecule has 0 bridgehead atoms. The average Bonchev–Trinajstić information content (AvgIpc) is 2.71. The molecule has 1 unspecified atom stereocenters. The zero-order valence-electron chi connectivity index (χ0n) is 19.6. The van der Waals surface area contributed by atoms with E-state index >= 15 is 0 Å². The molecule has 1 aromatic carbocycles. The molecule has 0 aliphatic carbocycles. The Balaban J connectivity index is 2.54. The maximum Gasteiger partial charge on any atom is 0.222 e. The minimum absolute atomic E-state index is 0.0491. The fourth-order valence-electron chi connectivity index (χ4n) is 3.19. The van der Waals surface area contributed by atoms with Gasteiger partial charge in [0.25, 0.3) is 0 Å². The van der Waals surface area contributed by atoms with Crippen molar-refractivity contribution < 1.29 is 19.1 Å². The zero-order chi connectivity index (χ0) is 22.5. The van der Waals surface area contributed by atoms with Crippen LogP contribution < -0.4 is 14.8 Å². The van der Waals surface area contributed by atoms with Crippen molar-refractivity contribution >= 4 is 11.8 Å². The molecule has 30 heavy (non-hydrogen) atoms. The normalized spacial score (nSPS) is 11.8. The van der Waals surface area contributed by atoms with Crippen LogP contribution in [-0.4, -0.2) is 43.5 Å². The fourth-order valence-corrected chi connectivity index (χ4v) is 3.19. The summed E-state index contributed by atoms with van der Waals surface area (Å²) >= 11 is 0. The molecule has 0 saturated heterocycles. The molecule has 0 heterocycles. The quantitative estimate of drug-likeness (QED) is 0.473. The van der Waals surface area contributed by atoms with Crippen LogP contribution >= 0.6 is 0 Å². The third kappa shape index (κ3) is 9.06. The number of carbonyl (C=O) groups excluding carboxylic acids is 2. The number of benzene rings is 1. The van der Waals surface area contributed by atoms with E-state index in [2.05, 4.69) is 33.0 Å². The van der Waals surface area contributed by atoms with E-state index in [-0.39, 0.29) is 17.9 Å². The number of nitrogens with one attached hydrogen (secondary N) is 1. The second kappa shape index (κ2) is 13.9. The van der Waals surface area contributed by atoms with Gasteiger partial charge in [-0.1, -0.05) is 33.8 Å². The number of ether oxygens (including phenoxy) is 2. The summed E-state index contributed by atoms with van der Waals surface area (Å²) in [4.78, 5) is 26.5. The molecule has 1 atom stereocenters. The lowest BCUT2D eigenvalue weighted by Gasteiger charge is -2.21. The second-order valence-corrected chi connectivity index (χ2v) is 8.14. The molecule has 0 saturated carbocycles. The molecule has 1 rings (SSSR count). The first kappa shape index (κ1) is 25.8. The summed E-state index contributed by atoms with van der Waals surface area (Å²) < 4.78 is 11.2. The van der Waals surface area contributed by atoms with E-state index in [1.54, 1.807) is 7.11 Å². The van der Waals surface area contributed by atoms with E-state index in [1.165, 1.54) is 0 Å². The Morgan fingerprint density at radius 2 is 1.70 bits per heavy atom. The summed E-state index contributed by atoms with van der Waals surface area (Å²) in [6, 6.07) is 5.57. The second-order valence-electron chi connectivity index (χ2n) is 8.14. The Kier molecular flexibility index (Phi) is 11.9. The van der Waals surface area contributed by atoms with Gasteiger partial charge >= 0.3 is 0 Å². The van der Waals surface area contributed by atoms with Gasteiger partial charge in [-0.15, -0.1) is 0 Å². The first-order valence-corrected chi connectivity index (χ1v) is 11.2. The average molecular weight is 421 g/mol. The van der Waals surface area contributed by atoms with Crippen molar-refractivity contribution in [1.82, 2.24) is 10.2 Å². The van der Waals surface area contributed by atoms with Gasteiger partial charge in [0, 0.05) is 25.9 Å². The van der Waals surface area contributed by atoms with Crippen LogP contribution in [-0.2, 0) is 9.59 Å². The number of hydrogen-bond donors (Lipinski definition) is 1. The van der Waals surface area contributed by atoms with Gasteiger partial charge in [-0.25, -0.2) is 0 Å². The van der Waals surface area contributed by atoms with Crippen LogP contribution in [0.25, 0.3) is 0 Å². The smallest absolute Gasteiger partial charge is 0.222 e. The lowest BCUT2D eigenvalue weighted by Crippen LogP contribution is -2.32. The van der Waals surface area contributed by atoms with Crippen molar-refractivity contribution in [3.63, 3.8) is 0 Å². The van der Waals surface area contributed by atoms with Crippen molar-refractivity contribution in [1.29, 1.82) is 0 Å². The van der Waals surface area contributed by atoms with Crippen LogP contribution in [0.3, 0.4) is 0 Å². The summed E-state index contributed by atoms with van der Waals surface area (Å²) in [6.45, 7) is 12.5. The first-order chi connectivity index (χ1) is 14.3. The highest BCUT2D eigenvalue weighted by atomic mass is 16.5. The Morgan fingerprint density at radius 1 is 1.03 bits per heavy atom. The summed E-state index contributed by atoms with van der Waals surface area (Å²) in [5.41, 5.74) is 0.949. The number of hydrogen-bond acceptors (Lipinski definition) is 4. The summed E-state index contributed by atoms with van der Waals surface area (Å²) in [5, 5.41) is 3.01. The molecular formula is C24H40N2O4. The predicted octanol–water partition coefficient (Wildman–Crippen LogP) is 4.73. The number of nitrogens with zero attached hydrogens (tertiary/aromatic N) is 1. The van der Waals surface area contributed by atoms with Crippen LogP contribution in [0.1, 0.15) is 78.3 Å². The van der Waals surface area contributed by atoms with E-state index in [1.807, 2.05) is 30.0 Å². The molecule has 0 fully saturated rings. The molecular weight excluding hydrogens is 380 g/mol.